The maximum absolute atomic E-state index is 10.6. The molecule has 0 unspecified atom stereocenters. The van der Waals surface area contributed by atoms with Gasteiger partial charge in [-0.1, -0.05) is 0 Å². The molecule has 2 rings (SSSR count). The third-order valence-corrected chi connectivity index (χ3v) is 2.05. The lowest BCUT2D eigenvalue weighted by molar-refractivity contribution is -0.144. The minimum Gasteiger partial charge on any atom is -0.462 e. The van der Waals surface area contributed by atoms with Crippen molar-refractivity contribution in [2.45, 2.75) is 19.4 Å². The van der Waals surface area contributed by atoms with Crippen molar-refractivity contribution in [3.8, 4) is 0 Å². The van der Waals surface area contributed by atoms with Gasteiger partial charge >= 0.3 is 5.97 Å². The number of hydrogen-bond donors (Lipinski definition) is 0. The maximum Gasteiger partial charge on any atom is 0.309 e. The minimum absolute atomic E-state index is 0.0301. The molecule has 8 heavy (non-hydrogen) atoms. The predicted octanol–water partition coefficient (Wildman–Crippen LogP) is 0.568. The van der Waals surface area contributed by atoms with Crippen molar-refractivity contribution in [3.63, 3.8) is 0 Å². The van der Waals surface area contributed by atoms with Crippen LogP contribution in [-0.2, 0) is 9.53 Å². The third-order valence-electron chi connectivity index (χ3n) is 2.05. The number of fused-ring (bicyclic) bond motifs is 1. The standard InChI is InChI=1S/C6H8O2/c1-3-4-2-5(4)6(7)8-3/h3-5H,2H2,1H3/t3-,4+,5+/m0/s1. The van der Waals surface area contributed by atoms with Crippen molar-refractivity contribution < 1.29 is 9.53 Å². The van der Waals surface area contributed by atoms with E-state index in [1.54, 1.807) is 0 Å². The second kappa shape index (κ2) is 1.07. The summed E-state index contributed by atoms with van der Waals surface area (Å²) in [7, 11) is 0. The Morgan fingerprint density at radius 1 is 1.75 bits per heavy atom. The Balaban J connectivity index is 2.19. The Kier molecular flexibility index (Phi) is 0.581. The van der Waals surface area contributed by atoms with Crippen LogP contribution in [0.1, 0.15) is 13.3 Å². The molecule has 2 fully saturated rings. The van der Waals surface area contributed by atoms with Gasteiger partial charge in [-0.25, -0.2) is 0 Å². The Labute approximate surface area is 47.8 Å². The highest BCUT2D eigenvalue weighted by molar-refractivity contribution is 5.78. The van der Waals surface area contributed by atoms with E-state index >= 15 is 0 Å². The topological polar surface area (TPSA) is 26.3 Å². The molecule has 1 saturated heterocycles. The fourth-order valence-corrected chi connectivity index (χ4v) is 1.36. The molecule has 0 spiro atoms. The molecule has 1 aliphatic carbocycles. The van der Waals surface area contributed by atoms with Gasteiger partial charge in [-0.05, 0) is 13.3 Å². The van der Waals surface area contributed by atoms with Crippen molar-refractivity contribution in [1.82, 2.24) is 0 Å². The molecule has 0 aromatic heterocycles. The summed E-state index contributed by atoms with van der Waals surface area (Å²) in [6, 6.07) is 0. The Hall–Kier alpha value is -0.530. The van der Waals surface area contributed by atoms with E-state index in [4.69, 9.17) is 4.74 Å². The first-order chi connectivity index (χ1) is 3.79. The van der Waals surface area contributed by atoms with Crippen LogP contribution in [0, 0.1) is 11.8 Å². The highest BCUT2D eigenvalue weighted by atomic mass is 16.6. The number of hydrogen-bond acceptors (Lipinski definition) is 2. The van der Waals surface area contributed by atoms with Crippen LogP contribution in [0.15, 0.2) is 0 Å². The first-order valence-corrected chi connectivity index (χ1v) is 2.99. The van der Waals surface area contributed by atoms with Gasteiger partial charge in [0.2, 0.25) is 0 Å². The second-order valence-corrected chi connectivity index (χ2v) is 2.65. The molecular weight excluding hydrogens is 104 g/mol. The number of cyclic esters (lactones) is 1. The van der Waals surface area contributed by atoms with Gasteiger partial charge in [-0.2, -0.15) is 0 Å². The first kappa shape index (κ1) is 4.36. The summed E-state index contributed by atoms with van der Waals surface area (Å²) in [5, 5.41) is 0. The van der Waals surface area contributed by atoms with E-state index in [9.17, 15) is 4.79 Å². The number of carbonyl (C=O) groups excluding carboxylic acids is 1. The molecule has 0 bridgehead atoms. The smallest absolute Gasteiger partial charge is 0.309 e. The molecule has 2 aliphatic rings. The van der Waals surface area contributed by atoms with Crippen LogP contribution in [0.2, 0.25) is 0 Å². The minimum atomic E-state index is 0.0301. The summed E-state index contributed by atoms with van der Waals surface area (Å²) in [5.74, 6) is 0.912. The molecule has 2 heteroatoms. The van der Waals surface area contributed by atoms with E-state index in [1.807, 2.05) is 6.92 Å². The van der Waals surface area contributed by atoms with Crippen molar-refractivity contribution in [2.75, 3.05) is 0 Å². The van der Waals surface area contributed by atoms with Gasteiger partial charge in [0.1, 0.15) is 6.10 Å². The molecule has 3 atom stereocenters. The molecule has 0 amide bonds. The molecule has 44 valence electrons. The second-order valence-electron chi connectivity index (χ2n) is 2.65. The van der Waals surface area contributed by atoms with Gasteiger partial charge in [0.05, 0.1) is 5.92 Å². The monoisotopic (exact) mass is 112 g/mol. The Morgan fingerprint density at radius 2 is 2.50 bits per heavy atom. The summed E-state index contributed by atoms with van der Waals surface area (Å²) < 4.78 is 4.88. The lowest BCUT2D eigenvalue weighted by Gasteiger charge is -2.02. The zero-order valence-electron chi connectivity index (χ0n) is 4.76. The molecule has 2 nitrogen and oxygen atoms in total. The van der Waals surface area contributed by atoms with Crippen LogP contribution in [0.25, 0.3) is 0 Å². The average molecular weight is 112 g/mol. The van der Waals surface area contributed by atoms with Crippen LogP contribution in [0.5, 0.6) is 0 Å². The van der Waals surface area contributed by atoms with Gasteiger partial charge in [0, 0.05) is 5.92 Å². The van der Waals surface area contributed by atoms with Crippen molar-refractivity contribution in [3.05, 3.63) is 0 Å². The molecule has 0 aromatic rings. The van der Waals surface area contributed by atoms with Gasteiger partial charge in [-0.15, -0.1) is 0 Å². The Bertz CT molecular complexity index is 141. The zero-order valence-corrected chi connectivity index (χ0v) is 4.76. The van der Waals surface area contributed by atoms with Crippen LogP contribution >= 0.6 is 0 Å². The lowest BCUT2D eigenvalue weighted by Crippen LogP contribution is -2.07. The van der Waals surface area contributed by atoms with Crippen molar-refractivity contribution >= 4 is 5.97 Å². The summed E-state index contributed by atoms with van der Waals surface area (Å²) in [5.41, 5.74) is 0. The van der Waals surface area contributed by atoms with Crippen LogP contribution in [0.3, 0.4) is 0 Å². The molecule has 0 aromatic carbocycles. The van der Waals surface area contributed by atoms with E-state index in [0.717, 1.165) is 6.42 Å². The SMILES string of the molecule is C[C@@H]1OC(=O)[C@@H]2C[C@H]12. The summed E-state index contributed by atoms with van der Waals surface area (Å²) >= 11 is 0. The highest BCUT2D eigenvalue weighted by Gasteiger charge is 2.54. The van der Waals surface area contributed by atoms with Gasteiger partial charge in [0.25, 0.3) is 0 Å². The summed E-state index contributed by atoms with van der Waals surface area (Å²) in [6.45, 7) is 1.97. The summed E-state index contributed by atoms with van der Waals surface area (Å²) in [6.07, 6.45) is 1.30. The van der Waals surface area contributed by atoms with Crippen LogP contribution < -0.4 is 0 Å². The number of ether oxygens (including phenoxy) is 1. The third kappa shape index (κ3) is 0.358. The fourth-order valence-electron chi connectivity index (χ4n) is 1.36. The zero-order chi connectivity index (χ0) is 5.72. The number of rotatable bonds is 0. The Morgan fingerprint density at radius 3 is 2.62 bits per heavy atom. The van der Waals surface area contributed by atoms with E-state index < -0.39 is 0 Å². The molecule has 1 heterocycles. The molecule has 0 radical (unpaired) electrons. The van der Waals surface area contributed by atoms with Gasteiger partial charge in [-0.3, -0.25) is 4.79 Å². The first-order valence-electron chi connectivity index (χ1n) is 2.99. The highest BCUT2D eigenvalue weighted by Crippen LogP contribution is 2.48. The van der Waals surface area contributed by atoms with Crippen LogP contribution in [0.4, 0.5) is 0 Å². The molecular formula is C6H8O2. The molecule has 1 saturated carbocycles. The average Bonchev–Trinajstić information content (AvgIpc) is 2.35. The molecule has 1 aliphatic heterocycles. The largest absolute Gasteiger partial charge is 0.462 e. The van der Waals surface area contributed by atoms with E-state index in [-0.39, 0.29) is 12.1 Å². The van der Waals surface area contributed by atoms with E-state index in [1.165, 1.54) is 0 Å². The fraction of sp³-hybridized carbons (Fsp3) is 0.833. The predicted molar refractivity (Wildman–Crippen MR) is 27.2 cm³/mol. The van der Waals surface area contributed by atoms with Crippen LogP contribution in [-0.4, -0.2) is 12.1 Å². The van der Waals surface area contributed by atoms with Gasteiger partial charge < -0.3 is 4.74 Å². The quantitative estimate of drug-likeness (QED) is 0.428. The maximum atomic E-state index is 10.6. The molecule has 0 N–H and O–H groups in total. The van der Waals surface area contributed by atoms with Gasteiger partial charge in [0.15, 0.2) is 0 Å². The van der Waals surface area contributed by atoms with Crippen molar-refractivity contribution in [1.29, 1.82) is 0 Å². The normalized spacial score (nSPS) is 50.6. The van der Waals surface area contributed by atoms with E-state index in [0.29, 0.717) is 11.8 Å². The lowest BCUT2D eigenvalue weighted by atomic mass is 10.2. The van der Waals surface area contributed by atoms with E-state index in [2.05, 4.69) is 0 Å². The van der Waals surface area contributed by atoms with Crippen molar-refractivity contribution in [2.24, 2.45) is 11.8 Å². The number of carbonyl (C=O) groups is 1. The summed E-state index contributed by atoms with van der Waals surface area (Å²) in [4.78, 5) is 10.6. The number of esters is 1.